The van der Waals surface area contributed by atoms with Crippen LogP contribution in [0.1, 0.15) is 66.8 Å². The zero-order valence-electron chi connectivity index (χ0n) is 28.0. The Labute approximate surface area is 275 Å². The maximum absolute atomic E-state index is 13.4. The van der Waals surface area contributed by atoms with Crippen molar-refractivity contribution in [2.24, 2.45) is 17.8 Å². The molecule has 2 N–H and O–H groups in total. The third kappa shape index (κ3) is 6.69. The molecule has 6 rings (SSSR count). The first kappa shape index (κ1) is 32.8. The molecule has 47 heavy (non-hydrogen) atoms. The fraction of sp³-hybridized carbons (Fsp3) is 0.528. The Hall–Kier alpha value is -4.09. The van der Waals surface area contributed by atoms with Crippen LogP contribution in [0.4, 0.5) is 4.79 Å². The summed E-state index contributed by atoms with van der Waals surface area (Å²) in [5.74, 6) is -0.501. The zero-order valence-corrected chi connectivity index (χ0v) is 28.0. The molecule has 6 atom stereocenters. The molecule has 1 aromatic heterocycles. The second kappa shape index (κ2) is 13.2. The molecule has 3 aliphatic rings. The van der Waals surface area contributed by atoms with Crippen LogP contribution in [0.3, 0.4) is 0 Å². The number of amides is 1. The predicted octanol–water partition coefficient (Wildman–Crippen LogP) is 5.17. The number of H-pyrrole nitrogens is 1. The number of nitrogens with zero attached hydrogens (tertiary/aromatic N) is 1. The van der Waals surface area contributed by atoms with Crippen molar-refractivity contribution >= 4 is 28.9 Å². The molecule has 1 saturated carbocycles. The van der Waals surface area contributed by atoms with E-state index in [1.165, 1.54) is 23.8 Å². The van der Waals surface area contributed by atoms with Crippen molar-refractivity contribution in [2.45, 2.75) is 70.4 Å². The van der Waals surface area contributed by atoms with Crippen LogP contribution in [0.2, 0.25) is 0 Å². The fourth-order valence-corrected chi connectivity index (χ4v) is 7.81. The summed E-state index contributed by atoms with van der Waals surface area (Å²) in [5, 5.41) is 3.93. The number of aromatic amines is 1. The van der Waals surface area contributed by atoms with Crippen molar-refractivity contribution < 1.29 is 38.1 Å². The van der Waals surface area contributed by atoms with Gasteiger partial charge in [0.2, 0.25) is 0 Å². The lowest BCUT2D eigenvalue weighted by Crippen LogP contribution is -2.58. The number of esters is 2. The number of nitrogens with one attached hydrogen (secondary N) is 2. The molecule has 2 fully saturated rings. The minimum atomic E-state index is -0.647. The summed E-state index contributed by atoms with van der Waals surface area (Å²) in [6.45, 7) is 7.36. The predicted molar refractivity (Wildman–Crippen MR) is 174 cm³/mol. The van der Waals surface area contributed by atoms with Gasteiger partial charge in [-0.05, 0) is 87.3 Å². The minimum Gasteiger partial charge on any atom is -0.497 e. The molecule has 1 amide bonds. The van der Waals surface area contributed by atoms with Gasteiger partial charge in [-0.1, -0.05) is 12.1 Å². The van der Waals surface area contributed by atoms with E-state index < -0.39 is 35.8 Å². The molecule has 0 radical (unpaired) electrons. The van der Waals surface area contributed by atoms with Crippen LogP contribution in [-0.4, -0.2) is 80.1 Å². The van der Waals surface area contributed by atoms with E-state index in [-0.39, 0.29) is 30.4 Å². The lowest BCUT2D eigenvalue weighted by Gasteiger charge is -2.52. The molecule has 2 aromatic carbocycles. The van der Waals surface area contributed by atoms with Crippen LogP contribution < -0.4 is 10.1 Å². The van der Waals surface area contributed by atoms with Gasteiger partial charge in [0.05, 0.1) is 31.7 Å². The van der Waals surface area contributed by atoms with Crippen molar-refractivity contribution in [3.05, 3.63) is 64.8 Å². The molecule has 0 spiro atoms. The van der Waals surface area contributed by atoms with Crippen LogP contribution >= 0.6 is 0 Å². The van der Waals surface area contributed by atoms with E-state index in [2.05, 4.69) is 21.3 Å². The number of carbonyl (C=O) groups excluding carboxylic acids is 3. The second-order valence-electron chi connectivity index (χ2n) is 13.8. The standard InChI is InChI=1S/C36H45N3O8/c1-36(2,3)47-35(42)37-18-20-7-9-21(10-8-20)33(40)46-29-15-22-19-39-14-13-25-24-12-11-23(43-4)16-27(24)38-31(25)28(39)17-26(22)30(32(29)44-5)34(41)45-6/h7-12,16,22,26,28-30,32,38H,13-15,17-19H2,1-6H3,(H,37,42)/t22-,26+,28-,29-,30+,32+/m1/s1. The highest BCUT2D eigenvalue weighted by Gasteiger charge is 2.54. The minimum absolute atomic E-state index is 0.00717. The average molecular weight is 648 g/mol. The van der Waals surface area contributed by atoms with Crippen molar-refractivity contribution in [2.75, 3.05) is 34.4 Å². The monoisotopic (exact) mass is 647 g/mol. The van der Waals surface area contributed by atoms with Crippen molar-refractivity contribution in [1.29, 1.82) is 0 Å². The number of hydrogen-bond donors (Lipinski definition) is 2. The van der Waals surface area contributed by atoms with Crippen LogP contribution in [0, 0.1) is 17.8 Å². The molecule has 1 saturated heterocycles. The SMILES string of the molecule is COC(=O)[C@H]1[C@H]2C[C@@H]3c4[nH]c5cc(OC)ccc5c4CCN3C[C@H]2C[C@@H](OC(=O)c2ccc(CNC(=O)OC(C)(C)C)cc2)[C@@H]1OC. The smallest absolute Gasteiger partial charge is 0.407 e. The normalized spacial score (nSPS) is 25.6. The van der Waals surface area contributed by atoms with Crippen LogP contribution in [-0.2, 0) is 36.7 Å². The number of benzene rings is 2. The summed E-state index contributed by atoms with van der Waals surface area (Å²) in [6.07, 6.45) is 0.498. The number of fused-ring (bicyclic) bond motifs is 6. The summed E-state index contributed by atoms with van der Waals surface area (Å²) in [5.41, 5.74) is 4.18. The quantitative estimate of drug-likeness (QED) is 0.264. The Morgan fingerprint density at radius 1 is 1.02 bits per heavy atom. The van der Waals surface area contributed by atoms with Gasteiger partial charge in [-0.3, -0.25) is 9.69 Å². The lowest BCUT2D eigenvalue weighted by atomic mass is 9.63. The topological polar surface area (TPSA) is 128 Å². The van der Waals surface area contributed by atoms with Gasteiger partial charge in [-0.2, -0.15) is 0 Å². The largest absolute Gasteiger partial charge is 0.497 e. The molecule has 0 bridgehead atoms. The van der Waals surface area contributed by atoms with Crippen LogP contribution in [0.25, 0.3) is 10.9 Å². The Balaban J connectivity index is 1.18. The Morgan fingerprint density at radius 2 is 1.79 bits per heavy atom. The number of methoxy groups -OCH3 is 3. The third-order valence-electron chi connectivity index (χ3n) is 9.89. The highest BCUT2D eigenvalue weighted by molar-refractivity contribution is 5.89. The molecular weight excluding hydrogens is 602 g/mol. The van der Waals surface area contributed by atoms with Gasteiger partial charge in [0, 0.05) is 49.4 Å². The van der Waals surface area contributed by atoms with Crippen molar-refractivity contribution in [3.8, 4) is 5.75 Å². The Kier molecular flexibility index (Phi) is 9.22. The van der Waals surface area contributed by atoms with Crippen molar-refractivity contribution in [3.63, 3.8) is 0 Å². The van der Waals surface area contributed by atoms with Gasteiger partial charge in [0.1, 0.15) is 23.6 Å². The first-order valence-corrected chi connectivity index (χ1v) is 16.3. The molecule has 11 heteroatoms. The fourth-order valence-electron chi connectivity index (χ4n) is 7.81. The van der Waals surface area contributed by atoms with Gasteiger partial charge in [-0.15, -0.1) is 0 Å². The van der Waals surface area contributed by atoms with E-state index >= 15 is 0 Å². The number of alkyl carbamates (subject to hydrolysis) is 1. The number of rotatable bonds is 7. The van der Waals surface area contributed by atoms with E-state index in [9.17, 15) is 14.4 Å². The molecule has 1 aliphatic carbocycles. The number of ether oxygens (including phenoxy) is 5. The van der Waals surface area contributed by atoms with E-state index in [4.69, 9.17) is 23.7 Å². The molecule has 252 valence electrons. The van der Waals surface area contributed by atoms with Gasteiger partial charge < -0.3 is 34.0 Å². The Morgan fingerprint density at radius 3 is 2.47 bits per heavy atom. The van der Waals surface area contributed by atoms with Crippen LogP contribution in [0.15, 0.2) is 42.5 Å². The second-order valence-corrected chi connectivity index (χ2v) is 13.8. The molecule has 3 aromatic rings. The summed E-state index contributed by atoms with van der Waals surface area (Å²) in [6, 6.07) is 13.2. The molecule has 3 heterocycles. The molecule has 2 aliphatic heterocycles. The number of carbonyl (C=O) groups is 3. The van der Waals surface area contributed by atoms with E-state index in [0.29, 0.717) is 12.0 Å². The van der Waals surface area contributed by atoms with Gasteiger partial charge in [0.25, 0.3) is 0 Å². The van der Waals surface area contributed by atoms with E-state index in [1.807, 2.05) is 12.1 Å². The number of aromatic nitrogens is 1. The van der Waals surface area contributed by atoms with Crippen molar-refractivity contribution in [1.82, 2.24) is 15.2 Å². The lowest BCUT2D eigenvalue weighted by molar-refractivity contribution is -0.176. The van der Waals surface area contributed by atoms with E-state index in [1.54, 1.807) is 59.3 Å². The molecule has 0 unspecified atom stereocenters. The van der Waals surface area contributed by atoms with Crippen LogP contribution in [0.5, 0.6) is 5.75 Å². The summed E-state index contributed by atoms with van der Waals surface area (Å²) in [7, 11) is 4.63. The van der Waals surface area contributed by atoms with E-state index in [0.717, 1.165) is 42.8 Å². The Bertz CT molecular complexity index is 1630. The van der Waals surface area contributed by atoms with Gasteiger partial charge >= 0.3 is 18.0 Å². The first-order valence-electron chi connectivity index (χ1n) is 16.3. The zero-order chi connectivity index (χ0) is 33.5. The molecule has 11 nitrogen and oxygen atoms in total. The maximum Gasteiger partial charge on any atom is 0.407 e. The van der Waals surface area contributed by atoms with Gasteiger partial charge in [0.15, 0.2) is 0 Å². The average Bonchev–Trinajstić information content (AvgIpc) is 3.43. The summed E-state index contributed by atoms with van der Waals surface area (Å²) in [4.78, 5) is 45.0. The first-order chi connectivity index (χ1) is 22.5. The summed E-state index contributed by atoms with van der Waals surface area (Å²) < 4.78 is 28.1. The summed E-state index contributed by atoms with van der Waals surface area (Å²) >= 11 is 0. The number of piperidine rings is 1. The number of hydrogen-bond acceptors (Lipinski definition) is 9. The van der Waals surface area contributed by atoms with Gasteiger partial charge in [-0.25, -0.2) is 9.59 Å². The molecular formula is C36H45N3O8. The highest BCUT2D eigenvalue weighted by atomic mass is 16.6. The third-order valence-corrected chi connectivity index (χ3v) is 9.89. The maximum atomic E-state index is 13.4. The highest BCUT2D eigenvalue weighted by Crippen LogP contribution is 2.50.